The van der Waals surface area contributed by atoms with Crippen molar-refractivity contribution in [1.29, 1.82) is 5.26 Å². The normalized spacial score (nSPS) is 15.4. The van der Waals surface area contributed by atoms with Gasteiger partial charge in [0.25, 0.3) is 5.67 Å². The van der Waals surface area contributed by atoms with Gasteiger partial charge in [-0.1, -0.05) is 6.92 Å². The summed E-state index contributed by atoms with van der Waals surface area (Å²) >= 11 is 0. The first kappa shape index (κ1) is 14.4. The summed E-state index contributed by atoms with van der Waals surface area (Å²) in [6.45, 7) is 2.74. The van der Waals surface area contributed by atoms with E-state index in [1.807, 2.05) is 0 Å². The number of nitrogens with zero attached hydrogens (tertiary/aromatic N) is 1. The molecule has 0 N–H and O–H groups in total. The van der Waals surface area contributed by atoms with Crippen molar-refractivity contribution < 1.29 is 23.5 Å². The van der Waals surface area contributed by atoms with E-state index in [0.717, 1.165) is 7.11 Å². The maximum Gasteiger partial charge on any atom is 0.359 e. The van der Waals surface area contributed by atoms with Gasteiger partial charge in [-0.25, -0.2) is 9.18 Å². The number of halogens is 1. The van der Waals surface area contributed by atoms with Gasteiger partial charge < -0.3 is 9.47 Å². The van der Waals surface area contributed by atoms with E-state index in [-0.39, 0.29) is 13.0 Å². The van der Waals surface area contributed by atoms with Gasteiger partial charge in [-0.2, -0.15) is 5.26 Å². The van der Waals surface area contributed by atoms with Crippen molar-refractivity contribution in [3.63, 3.8) is 0 Å². The Bertz CT molecular complexity index is 312. The van der Waals surface area contributed by atoms with Gasteiger partial charge in [0.05, 0.1) is 20.1 Å². The van der Waals surface area contributed by atoms with Gasteiger partial charge >= 0.3 is 11.9 Å². The number of ether oxygens (including phenoxy) is 2. The third kappa shape index (κ3) is 3.19. The summed E-state index contributed by atoms with van der Waals surface area (Å²) in [6.07, 6.45) is -0.362. The number of carbonyl (C=O) groups is 2. The molecule has 0 bridgehead atoms. The molecule has 0 radical (unpaired) electrons. The lowest BCUT2D eigenvalue weighted by Gasteiger charge is -2.21. The summed E-state index contributed by atoms with van der Waals surface area (Å²) in [4.78, 5) is 22.2. The SMILES string of the molecule is CCOC(=O)C(F)(C#N)C(C)CC(=O)OC. The number of alkyl halides is 1. The van der Waals surface area contributed by atoms with Gasteiger partial charge in [-0.3, -0.25) is 4.79 Å². The Labute approximate surface area is 93.1 Å². The largest absolute Gasteiger partial charge is 0.469 e. The summed E-state index contributed by atoms with van der Waals surface area (Å²) in [6, 6.07) is 1.24. The van der Waals surface area contributed by atoms with Crippen LogP contribution in [-0.4, -0.2) is 31.3 Å². The Morgan fingerprint density at radius 2 is 2.12 bits per heavy atom. The fourth-order valence-electron chi connectivity index (χ4n) is 1.07. The first-order chi connectivity index (χ1) is 7.42. The van der Waals surface area contributed by atoms with Crippen molar-refractivity contribution in [2.24, 2.45) is 5.92 Å². The average molecular weight is 231 g/mol. The van der Waals surface area contributed by atoms with Crippen LogP contribution >= 0.6 is 0 Å². The number of esters is 2. The molecule has 0 aliphatic rings. The third-order valence-corrected chi connectivity index (χ3v) is 2.11. The summed E-state index contributed by atoms with van der Waals surface area (Å²) in [5, 5.41) is 8.66. The highest BCUT2D eigenvalue weighted by atomic mass is 19.1. The molecule has 2 atom stereocenters. The molecule has 0 saturated heterocycles. The van der Waals surface area contributed by atoms with Crippen molar-refractivity contribution in [3.8, 4) is 6.07 Å². The predicted octanol–water partition coefficient (Wildman–Crippen LogP) is 0.981. The van der Waals surface area contributed by atoms with E-state index in [1.165, 1.54) is 19.9 Å². The second-order valence-corrected chi connectivity index (χ2v) is 3.23. The molecule has 0 saturated carbocycles. The fourth-order valence-corrected chi connectivity index (χ4v) is 1.07. The molecular weight excluding hydrogens is 217 g/mol. The number of nitriles is 1. The molecule has 0 rings (SSSR count). The van der Waals surface area contributed by atoms with E-state index in [1.54, 1.807) is 0 Å². The van der Waals surface area contributed by atoms with Crippen molar-refractivity contribution in [3.05, 3.63) is 0 Å². The minimum absolute atomic E-state index is 0.0306. The number of hydrogen-bond donors (Lipinski definition) is 0. The van der Waals surface area contributed by atoms with E-state index in [0.29, 0.717) is 0 Å². The van der Waals surface area contributed by atoms with E-state index < -0.39 is 23.5 Å². The van der Waals surface area contributed by atoms with E-state index in [4.69, 9.17) is 5.26 Å². The van der Waals surface area contributed by atoms with Gasteiger partial charge in [-0.15, -0.1) is 0 Å². The van der Waals surface area contributed by atoms with Crippen molar-refractivity contribution in [1.82, 2.24) is 0 Å². The molecular formula is C10H14FNO4. The van der Waals surface area contributed by atoms with Crippen molar-refractivity contribution in [2.75, 3.05) is 13.7 Å². The minimum Gasteiger partial charge on any atom is -0.469 e. The highest BCUT2D eigenvalue weighted by Gasteiger charge is 2.47. The molecule has 0 spiro atoms. The predicted molar refractivity (Wildman–Crippen MR) is 51.9 cm³/mol. The maximum atomic E-state index is 13.9. The van der Waals surface area contributed by atoms with Crippen LogP contribution in [0.2, 0.25) is 0 Å². The quantitative estimate of drug-likeness (QED) is 0.659. The standard InChI is InChI=1S/C10H14FNO4/c1-4-16-9(14)10(11,6-12)7(2)5-8(13)15-3/h7H,4-5H2,1-3H3. The lowest BCUT2D eigenvalue weighted by molar-refractivity contribution is -0.157. The summed E-state index contributed by atoms with van der Waals surface area (Å²) in [7, 11) is 1.14. The third-order valence-electron chi connectivity index (χ3n) is 2.11. The van der Waals surface area contributed by atoms with Crippen molar-refractivity contribution in [2.45, 2.75) is 25.9 Å². The molecule has 0 amide bonds. The lowest BCUT2D eigenvalue weighted by Crippen LogP contribution is -2.41. The highest BCUT2D eigenvalue weighted by Crippen LogP contribution is 2.26. The van der Waals surface area contributed by atoms with E-state index in [9.17, 15) is 14.0 Å². The molecule has 0 heterocycles. The molecule has 2 unspecified atom stereocenters. The number of methoxy groups -OCH3 is 1. The molecule has 6 heteroatoms. The molecule has 0 aromatic carbocycles. The smallest absolute Gasteiger partial charge is 0.359 e. The number of hydrogen-bond acceptors (Lipinski definition) is 5. The zero-order chi connectivity index (χ0) is 12.8. The lowest BCUT2D eigenvalue weighted by atomic mass is 9.89. The molecule has 0 aromatic rings. The highest BCUT2D eigenvalue weighted by molar-refractivity contribution is 5.84. The minimum atomic E-state index is -2.82. The Balaban J connectivity index is 4.76. The second-order valence-electron chi connectivity index (χ2n) is 3.23. The van der Waals surface area contributed by atoms with Gasteiger partial charge in [-0.05, 0) is 6.92 Å². The summed E-state index contributed by atoms with van der Waals surface area (Å²) in [5.41, 5.74) is -2.82. The second kappa shape index (κ2) is 6.05. The molecule has 0 aromatic heterocycles. The number of rotatable bonds is 5. The average Bonchev–Trinajstić information content (AvgIpc) is 2.27. The van der Waals surface area contributed by atoms with Crippen LogP contribution < -0.4 is 0 Å². The fraction of sp³-hybridized carbons (Fsp3) is 0.700. The number of carbonyl (C=O) groups excluding carboxylic acids is 2. The van der Waals surface area contributed by atoms with Crippen LogP contribution in [0.3, 0.4) is 0 Å². The van der Waals surface area contributed by atoms with Crippen LogP contribution in [-0.2, 0) is 19.1 Å². The van der Waals surface area contributed by atoms with E-state index >= 15 is 0 Å². The van der Waals surface area contributed by atoms with Crippen molar-refractivity contribution >= 4 is 11.9 Å². The monoisotopic (exact) mass is 231 g/mol. The Morgan fingerprint density at radius 3 is 2.50 bits per heavy atom. The van der Waals surface area contributed by atoms with Gasteiger partial charge in [0, 0.05) is 5.92 Å². The molecule has 16 heavy (non-hydrogen) atoms. The van der Waals surface area contributed by atoms with Crippen LogP contribution in [0, 0.1) is 17.2 Å². The van der Waals surface area contributed by atoms with Crippen LogP contribution in [0.15, 0.2) is 0 Å². The molecule has 0 aliphatic heterocycles. The van der Waals surface area contributed by atoms with E-state index in [2.05, 4.69) is 9.47 Å². The van der Waals surface area contributed by atoms with Gasteiger partial charge in [0.15, 0.2) is 0 Å². The van der Waals surface area contributed by atoms with Crippen LogP contribution in [0.4, 0.5) is 4.39 Å². The Morgan fingerprint density at radius 1 is 1.56 bits per heavy atom. The van der Waals surface area contributed by atoms with Gasteiger partial charge in [0.1, 0.15) is 6.07 Å². The molecule has 90 valence electrons. The van der Waals surface area contributed by atoms with Crippen LogP contribution in [0.1, 0.15) is 20.3 Å². The first-order valence-corrected chi connectivity index (χ1v) is 4.76. The summed E-state index contributed by atoms with van der Waals surface area (Å²) < 4.78 is 22.7. The van der Waals surface area contributed by atoms with Crippen LogP contribution in [0.25, 0.3) is 0 Å². The molecule has 5 nitrogen and oxygen atoms in total. The zero-order valence-corrected chi connectivity index (χ0v) is 9.45. The Hall–Kier alpha value is -1.64. The molecule has 0 fully saturated rings. The Kier molecular flexibility index (Phi) is 5.43. The maximum absolute atomic E-state index is 13.9. The summed E-state index contributed by atoms with van der Waals surface area (Å²) in [5.74, 6) is -3.08. The zero-order valence-electron chi connectivity index (χ0n) is 9.45. The van der Waals surface area contributed by atoms with Gasteiger partial charge in [0.2, 0.25) is 0 Å². The first-order valence-electron chi connectivity index (χ1n) is 4.76. The molecule has 0 aliphatic carbocycles. The van der Waals surface area contributed by atoms with Crippen LogP contribution in [0.5, 0.6) is 0 Å². The topological polar surface area (TPSA) is 76.4 Å².